The molecule has 2 aliphatic rings. The van der Waals surface area contributed by atoms with E-state index in [0.29, 0.717) is 45.8 Å². The van der Waals surface area contributed by atoms with Gasteiger partial charge in [0, 0.05) is 64.1 Å². The molecule has 5 heterocycles. The van der Waals surface area contributed by atoms with Crippen molar-refractivity contribution >= 4 is 23.2 Å². The Kier molecular flexibility index (Phi) is 5.97. The third kappa shape index (κ3) is 4.16. The van der Waals surface area contributed by atoms with Gasteiger partial charge in [-0.1, -0.05) is 0 Å². The zero-order chi connectivity index (χ0) is 22.8. The van der Waals surface area contributed by atoms with Gasteiger partial charge in [0.05, 0.1) is 36.5 Å². The van der Waals surface area contributed by atoms with E-state index in [2.05, 4.69) is 19.9 Å². The van der Waals surface area contributed by atoms with Crippen LogP contribution in [0.25, 0.3) is 16.9 Å². The first kappa shape index (κ1) is 21.4. The number of aromatic nitrogens is 4. The van der Waals surface area contributed by atoms with E-state index >= 15 is 0 Å². The lowest BCUT2D eigenvalue weighted by Gasteiger charge is -2.33. The number of hydrogen-bond acceptors (Lipinski definition) is 8. The van der Waals surface area contributed by atoms with E-state index in [-0.39, 0.29) is 6.61 Å². The summed E-state index contributed by atoms with van der Waals surface area (Å²) in [4.78, 5) is 26.4. The molecule has 2 fully saturated rings. The molecule has 0 aromatic carbocycles. The average Bonchev–Trinajstić information content (AvgIpc) is 3.23. The summed E-state index contributed by atoms with van der Waals surface area (Å²) >= 11 is 0. The minimum Gasteiger partial charge on any atom is -0.465 e. The molecule has 0 aliphatic carbocycles. The lowest BCUT2D eigenvalue weighted by Crippen LogP contribution is -2.48. The first-order valence-corrected chi connectivity index (χ1v) is 11.1. The molecule has 0 spiro atoms. The summed E-state index contributed by atoms with van der Waals surface area (Å²) < 4.78 is 7.32. The summed E-state index contributed by atoms with van der Waals surface area (Å²) in [6.45, 7) is 5.06. The van der Waals surface area contributed by atoms with Crippen molar-refractivity contribution in [2.24, 2.45) is 0 Å². The molecule has 5 rings (SSSR count). The van der Waals surface area contributed by atoms with Gasteiger partial charge in [0.2, 0.25) is 0 Å². The van der Waals surface area contributed by atoms with E-state index in [0.717, 1.165) is 47.2 Å². The minimum absolute atomic E-state index is 0.0108. The quantitative estimate of drug-likeness (QED) is 0.582. The number of rotatable bonds is 5. The normalized spacial score (nSPS) is 17.1. The Morgan fingerprint density at radius 2 is 1.82 bits per heavy atom. The highest BCUT2D eigenvalue weighted by Gasteiger charge is 2.23. The third-order valence-electron chi connectivity index (χ3n) is 6.17. The second-order valence-electron chi connectivity index (χ2n) is 8.09. The summed E-state index contributed by atoms with van der Waals surface area (Å²) in [5.41, 5.74) is 4.22. The third-order valence-corrected chi connectivity index (χ3v) is 6.17. The van der Waals surface area contributed by atoms with Crippen molar-refractivity contribution < 1.29 is 19.7 Å². The number of ether oxygens (including phenoxy) is 1. The van der Waals surface area contributed by atoms with Gasteiger partial charge in [0.15, 0.2) is 5.65 Å². The maximum absolute atomic E-state index is 11.1. The van der Waals surface area contributed by atoms with Gasteiger partial charge in [0.1, 0.15) is 5.82 Å². The molecule has 3 aromatic rings. The number of carboxylic acid groups (broad SMARTS) is 1. The number of aliphatic hydroxyl groups is 1. The van der Waals surface area contributed by atoms with E-state index in [1.54, 1.807) is 12.4 Å². The van der Waals surface area contributed by atoms with Gasteiger partial charge in [-0.3, -0.25) is 0 Å². The molecule has 174 valence electrons. The SMILES string of the molecule is O=C(O)N1CCN(c2ccc(-c3c(CCO)nc4c(N5CCOCC5)ccnn34)cn2)CC1. The molecule has 0 unspecified atom stereocenters. The predicted molar refractivity (Wildman–Crippen MR) is 122 cm³/mol. The number of imidazole rings is 1. The van der Waals surface area contributed by atoms with Crippen molar-refractivity contribution in [3.8, 4) is 11.3 Å². The Hall–Kier alpha value is -3.44. The lowest BCUT2D eigenvalue weighted by atomic mass is 10.1. The average molecular weight is 454 g/mol. The molecule has 33 heavy (non-hydrogen) atoms. The number of nitrogens with zero attached hydrogens (tertiary/aromatic N) is 7. The van der Waals surface area contributed by atoms with Crippen LogP contribution in [0, 0.1) is 0 Å². The number of amides is 1. The number of hydrogen-bond donors (Lipinski definition) is 2. The van der Waals surface area contributed by atoms with Crippen LogP contribution < -0.4 is 9.80 Å². The van der Waals surface area contributed by atoms with Crippen molar-refractivity contribution in [2.75, 3.05) is 68.9 Å². The van der Waals surface area contributed by atoms with Crippen LogP contribution in [0.5, 0.6) is 0 Å². The number of pyridine rings is 1. The maximum Gasteiger partial charge on any atom is 0.407 e. The topological polar surface area (TPSA) is 120 Å². The Morgan fingerprint density at radius 3 is 2.48 bits per heavy atom. The molecule has 11 heteroatoms. The van der Waals surface area contributed by atoms with E-state index in [9.17, 15) is 9.90 Å². The Morgan fingerprint density at radius 1 is 1.03 bits per heavy atom. The number of anilines is 2. The second-order valence-corrected chi connectivity index (χ2v) is 8.09. The zero-order valence-electron chi connectivity index (χ0n) is 18.3. The largest absolute Gasteiger partial charge is 0.465 e. The standard InChI is InChI=1S/C22H27N7O4/c30-12-4-17-20(29-21(25-17)18(3-5-24-29)26-10-13-33-14-11-26)16-1-2-19(23-15-16)27-6-8-28(9-7-27)22(31)32/h1-3,5,15,30H,4,6-14H2,(H,31,32). The fraction of sp³-hybridized carbons (Fsp3) is 0.455. The van der Waals surface area contributed by atoms with E-state index in [4.69, 9.17) is 14.8 Å². The van der Waals surface area contributed by atoms with E-state index in [1.807, 2.05) is 22.7 Å². The summed E-state index contributed by atoms with van der Waals surface area (Å²) in [5, 5.41) is 23.4. The molecule has 0 atom stereocenters. The highest BCUT2D eigenvalue weighted by atomic mass is 16.5. The fourth-order valence-electron chi connectivity index (χ4n) is 4.44. The molecule has 0 saturated carbocycles. The smallest absolute Gasteiger partial charge is 0.407 e. The Bertz CT molecular complexity index is 1120. The zero-order valence-corrected chi connectivity index (χ0v) is 18.3. The summed E-state index contributed by atoms with van der Waals surface area (Å²) in [6.07, 6.45) is 3.10. The molecular weight excluding hydrogens is 426 g/mol. The number of carbonyl (C=O) groups is 1. The molecule has 2 aliphatic heterocycles. The van der Waals surface area contributed by atoms with Crippen LogP contribution in [0.1, 0.15) is 5.69 Å². The van der Waals surface area contributed by atoms with Crippen molar-refractivity contribution in [2.45, 2.75) is 6.42 Å². The molecule has 0 radical (unpaired) electrons. The Balaban J connectivity index is 1.46. The number of piperazine rings is 1. The molecule has 3 aromatic heterocycles. The fourth-order valence-corrected chi connectivity index (χ4v) is 4.44. The molecule has 1 amide bonds. The minimum atomic E-state index is -0.883. The van der Waals surface area contributed by atoms with Crippen LogP contribution in [-0.2, 0) is 11.2 Å². The van der Waals surface area contributed by atoms with Gasteiger partial charge in [-0.15, -0.1) is 0 Å². The van der Waals surface area contributed by atoms with Crippen LogP contribution in [0.4, 0.5) is 16.3 Å². The highest BCUT2D eigenvalue weighted by molar-refractivity contribution is 5.75. The number of aliphatic hydroxyl groups excluding tert-OH is 1. The number of morpholine rings is 1. The van der Waals surface area contributed by atoms with Gasteiger partial charge in [0.25, 0.3) is 0 Å². The second kappa shape index (κ2) is 9.20. The molecule has 11 nitrogen and oxygen atoms in total. The highest BCUT2D eigenvalue weighted by Crippen LogP contribution is 2.30. The molecule has 0 bridgehead atoms. The monoisotopic (exact) mass is 453 g/mol. The maximum atomic E-state index is 11.1. The molecular formula is C22H27N7O4. The summed E-state index contributed by atoms with van der Waals surface area (Å²) in [7, 11) is 0. The Labute approximate surface area is 190 Å². The predicted octanol–water partition coefficient (Wildman–Crippen LogP) is 0.963. The summed E-state index contributed by atoms with van der Waals surface area (Å²) in [6, 6.07) is 5.90. The van der Waals surface area contributed by atoms with Gasteiger partial charge in [-0.05, 0) is 18.2 Å². The van der Waals surface area contributed by atoms with Gasteiger partial charge in [-0.25, -0.2) is 19.3 Å². The van der Waals surface area contributed by atoms with Crippen LogP contribution in [0.3, 0.4) is 0 Å². The van der Waals surface area contributed by atoms with Crippen LogP contribution in [0.2, 0.25) is 0 Å². The van der Waals surface area contributed by atoms with Gasteiger partial charge in [-0.2, -0.15) is 5.10 Å². The number of fused-ring (bicyclic) bond motifs is 1. The molecule has 2 saturated heterocycles. The van der Waals surface area contributed by atoms with Gasteiger partial charge >= 0.3 is 6.09 Å². The van der Waals surface area contributed by atoms with Crippen LogP contribution >= 0.6 is 0 Å². The first-order chi connectivity index (χ1) is 16.2. The lowest BCUT2D eigenvalue weighted by molar-refractivity contribution is 0.123. The van der Waals surface area contributed by atoms with Crippen molar-refractivity contribution in [1.29, 1.82) is 0 Å². The van der Waals surface area contributed by atoms with Crippen molar-refractivity contribution in [3.05, 3.63) is 36.3 Å². The van der Waals surface area contributed by atoms with Crippen molar-refractivity contribution in [3.63, 3.8) is 0 Å². The van der Waals surface area contributed by atoms with Crippen LogP contribution in [-0.4, -0.2) is 99.9 Å². The van der Waals surface area contributed by atoms with Crippen molar-refractivity contribution in [1.82, 2.24) is 24.5 Å². The van der Waals surface area contributed by atoms with Crippen LogP contribution in [0.15, 0.2) is 30.6 Å². The van der Waals surface area contributed by atoms with E-state index in [1.165, 1.54) is 4.90 Å². The van der Waals surface area contributed by atoms with E-state index < -0.39 is 6.09 Å². The van der Waals surface area contributed by atoms with Gasteiger partial charge < -0.3 is 29.6 Å². The summed E-state index contributed by atoms with van der Waals surface area (Å²) in [5.74, 6) is 0.809. The molecule has 2 N–H and O–H groups in total. The first-order valence-electron chi connectivity index (χ1n) is 11.1.